The Bertz CT molecular complexity index is 1370. The molecule has 42 heavy (non-hydrogen) atoms. The molecule has 226 valence electrons. The van der Waals surface area contributed by atoms with E-state index in [0.717, 1.165) is 0 Å². The van der Waals surface area contributed by atoms with Crippen molar-refractivity contribution in [3.8, 4) is 0 Å². The number of carboxylic acids is 1. The molecule has 3 amide bonds. The van der Waals surface area contributed by atoms with Crippen LogP contribution in [-0.4, -0.2) is 64.9 Å². The van der Waals surface area contributed by atoms with Gasteiger partial charge in [0.05, 0.1) is 28.9 Å². The van der Waals surface area contributed by atoms with Gasteiger partial charge in [0.25, 0.3) is 0 Å². The van der Waals surface area contributed by atoms with Gasteiger partial charge in [0.15, 0.2) is 0 Å². The van der Waals surface area contributed by atoms with Gasteiger partial charge in [0.1, 0.15) is 23.7 Å². The van der Waals surface area contributed by atoms with Crippen molar-refractivity contribution in [2.24, 2.45) is 11.7 Å². The zero-order valence-corrected chi connectivity index (χ0v) is 24.3. The van der Waals surface area contributed by atoms with Gasteiger partial charge in [-0.2, -0.15) is 0 Å². The molecule has 0 saturated carbocycles. The van der Waals surface area contributed by atoms with Gasteiger partial charge in [-0.3, -0.25) is 4.79 Å². The molecule has 12 heteroatoms. The number of aromatic carboxylic acids is 1. The fraction of sp³-hybridized carbons (Fsp3) is 0.433. The summed E-state index contributed by atoms with van der Waals surface area (Å²) in [6.07, 6.45) is 0.179. The lowest BCUT2D eigenvalue weighted by molar-refractivity contribution is -0.156. The van der Waals surface area contributed by atoms with Gasteiger partial charge in [-0.25, -0.2) is 18.8 Å². The molecule has 1 aliphatic rings. The van der Waals surface area contributed by atoms with Gasteiger partial charge in [0.2, 0.25) is 5.91 Å². The van der Waals surface area contributed by atoms with Crippen LogP contribution in [0.3, 0.4) is 0 Å². The number of carboxylic acid groups (broad SMARTS) is 1. The number of hydrogen-bond donors (Lipinski definition) is 3. The molecule has 3 atom stereocenters. The molecule has 2 aromatic carbocycles. The predicted molar refractivity (Wildman–Crippen MR) is 154 cm³/mol. The number of ether oxygens (including phenoxy) is 1. The predicted octanol–water partition coefficient (Wildman–Crippen LogP) is 3.90. The molecular weight excluding hydrogens is 547 g/mol. The van der Waals surface area contributed by atoms with Crippen LogP contribution in [0.25, 0.3) is 0 Å². The quantitative estimate of drug-likeness (QED) is 0.280. The van der Waals surface area contributed by atoms with Gasteiger partial charge < -0.3 is 35.5 Å². The van der Waals surface area contributed by atoms with Crippen LogP contribution in [0.2, 0.25) is 0 Å². The fourth-order valence-electron chi connectivity index (χ4n) is 5.43. The number of rotatable bonds is 10. The van der Waals surface area contributed by atoms with E-state index in [4.69, 9.17) is 10.5 Å². The third-order valence-electron chi connectivity index (χ3n) is 7.09. The first-order chi connectivity index (χ1) is 19.7. The number of benzene rings is 2. The minimum atomic E-state index is -1.43. The number of esters is 1. The molecule has 1 saturated heterocycles. The first-order valence-corrected chi connectivity index (χ1v) is 13.7. The summed E-state index contributed by atoms with van der Waals surface area (Å²) in [7, 11) is 0. The number of nitrogens with two attached hydrogens (primary N) is 1. The monoisotopic (exact) mass is 584 g/mol. The molecule has 0 aliphatic carbocycles. The van der Waals surface area contributed by atoms with E-state index in [9.17, 15) is 29.1 Å². The summed E-state index contributed by atoms with van der Waals surface area (Å²) in [4.78, 5) is 67.0. The Morgan fingerprint density at radius 2 is 1.79 bits per heavy atom. The van der Waals surface area contributed by atoms with Crippen LogP contribution >= 0.6 is 0 Å². The van der Waals surface area contributed by atoms with E-state index in [2.05, 4.69) is 5.32 Å². The molecule has 1 aliphatic heterocycles. The van der Waals surface area contributed by atoms with Crippen LogP contribution in [0.4, 0.5) is 20.6 Å². The maximum atomic E-state index is 15.6. The van der Waals surface area contributed by atoms with Gasteiger partial charge in [-0.05, 0) is 58.7 Å². The number of anilines is 2. The molecule has 0 radical (unpaired) electrons. The second-order valence-electron chi connectivity index (χ2n) is 10.9. The number of carbonyl (C=O) groups is 5. The second-order valence-corrected chi connectivity index (χ2v) is 10.9. The maximum absolute atomic E-state index is 15.6. The number of halogens is 1. The van der Waals surface area contributed by atoms with Crippen LogP contribution < -0.4 is 16.0 Å². The zero-order chi connectivity index (χ0) is 31.4. The first-order valence-electron chi connectivity index (χ1n) is 13.7. The molecule has 1 fully saturated rings. The van der Waals surface area contributed by atoms with Crippen LogP contribution in [0.5, 0.6) is 0 Å². The molecule has 2 aromatic rings. The smallest absolute Gasteiger partial charge is 0.337 e. The summed E-state index contributed by atoms with van der Waals surface area (Å²) in [5.41, 5.74) is 4.06. The number of primary amides is 1. The lowest BCUT2D eigenvalue weighted by Crippen LogP contribution is -2.43. The van der Waals surface area contributed by atoms with Crippen molar-refractivity contribution in [1.82, 2.24) is 4.90 Å². The number of urea groups is 1. The van der Waals surface area contributed by atoms with E-state index in [-0.39, 0.29) is 46.8 Å². The van der Waals surface area contributed by atoms with Gasteiger partial charge in [0, 0.05) is 25.1 Å². The van der Waals surface area contributed by atoms with Crippen molar-refractivity contribution in [3.63, 3.8) is 0 Å². The third kappa shape index (κ3) is 6.69. The average molecular weight is 585 g/mol. The van der Waals surface area contributed by atoms with Crippen molar-refractivity contribution >= 4 is 41.5 Å². The highest BCUT2D eigenvalue weighted by atomic mass is 19.1. The van der Waals surface area contributed by atoms with E-state index in [1.807, 2.05) is 0 Å². The van der Waals surface area contributed by atoms with Crippen LogP contribution in [0, 0.1) is 11.7 Å². The Morgan fingerprint density at radius 1 is 1.14 bits per heavy atom. The summed E-state index contributed by atoms with van der Waals surface area (Å²) in [6, 6.07) is 4.75. The Morgan fingerprint density at radius 3 is 2.31 bits per heavy atom. The minimum Gasteiger partial charge on any atom is -0.478 e. The Balaban J connectivity index is 2.47. The van der Waals surface area contributed by atoms with Gasteiger partial charge in [-0.15, -0.1) is 0 Å². The standard InChI is InChI=1S/C30H37FN4O7/c1-6-34(7-2)26(37)20-16-22(28(40)42-30(3,4)5)35(24(20)18-10-8-9-11-21(18)31)25-19(27(38)39)13-12-17(14-15-36)23(25)33-29(32)41/h8-13,15,20,22,24H,6-7,14,16H2,1-5H3,(H,38,39)(H3,32,33,41). The van der Waals surface area contributed by atoms with Crippen LogP contribution in [0.15, 0.2) is 36.4 Å². The SMILES string of the molecule is CCN(CC)C(=O)C1CC(C(=O)OC(C)(C)C)N(c2c(C(=O)O)ccc(CC=O)c2NC(N)=O)C1c1ccccc1F. The normalized spacial score (nSPS) is 18.3. The molecule has 0 spiro atoms. The van der Waals surface area contributed by atoms with Crippen molar-refractivity contribution < 1.29 is 38.2 Å². The molecular formula is C30H37FN4O7. The molecule has 3 unspecified atom stereocenters. The molecule has 3 rings (SSSR count). The molecule has 0 bridgehead atoms. The van der Waals surface area contributed by atoms with Crippen molar-refractivity contribution in [1.29, 1.82) is 0 Å². The van der Waals surface area contributed by atoms with E-state index in [0.29, 0.717) is 19.4 Å². The summed E-state index contributed by atoms with van der Waals surface area (Å²) in [5.74, 6) is -4.27. The lowest BCUT2D eigenvalue weighted by Gasteiger charge is -2.37. The number of nitrogens with zero attached hydrogens (tertiary/aromatic N) is 2. The first kappa shape index (κ1) is 32.0. The van der Waals surface area contributed by atoms with Gasteiger partial charge >= 0.3 is 18.0 Å². The third-order valence-corrected chi connectivity index (χ3v) is 7.09. The highest BCUT2D eigenvalue weighted by molar-refractivity contribution is 6.05. The van der Waals surface area contributed by atoms with Crippen molar-refractivity contribution in [2.75, 3.05) is 23.3 Å². The minimum absolute atomic E-state index is 0.0382. The zero-order valence-electron chi connectivity index (χ0n) is 24.3. The molecule has 0 aromatic heterocycles. The molecule has 1 heterocycles. The summed E-state index contributed by atoms with van der Waals surface area (Å²) in [6.45, 7) is 9.24. The summed E-state index contributed by atoms with van der Waals surface area (Å²) < 4.78 is 21.3. The maximum Gasteiger partial charge on any atom is 0.337 e. The highest BCUT2D eigenvalue weighted by Crippen LogP contribution is 2.50. The van der Waals surface area contributed by atoms with Crippen LogP contribution in [-0.2, 0) is 25.5 Å². The van der Waals surface area contributed by atoms with Crippen molar-refractivity contribution in [3.05, 3.63) is 58.9 Å². The summed E-state index contributed by atoms with van der Waals surface area (Å²) in [5, 5.41) is 12.7. The van der Waals surface area contributed by atoms with Crippen molar-refractivity contribution in [2.45, 2.75) is 65.1 Å². The Hall–Kier alpha value is -4.48. The Labute approximate surface area is 243 Å². The average Bonchev–Trinajstić information content (AvgIpc) is 3.29. The van der Waals surface area contributed by atoms with E-state index in [1.54, 1.807) is 45.6 Å². The topological polar surface area (TPSA) is 159 Å². The number of amides is 3. The fourth-order valence-corrected chi connectivity index (χ4v) is 5.43. The number of aldehydes is 1. The van der Waals surface area contributed by atoms with E-state index < -0.39 is 47.4 Å². The summed E-state index contributed by atoms with van der Waals surface area (Å²) >= 11 is 0. The highest BCUT2D eigenvalue weighted by Gasteiger charge is 2.52. The van der Waals surface area contributed by atoms with E-state index in [1.165, 1.54) is 35.2 Å². The second kappa shape index (κ2) is 13.0. The lowest BCUT2D eigenvalue weighted by atomic mass is 9.90. The van der Waals surface area contributed by atoms with Crippen LogP contribution in [0.1, 0.15) is 68.6 Å². The Kier molecular flexibility index (Phi) is 9.92. The molecule has 11 nitrogen and oxygen atoms in total. The molecule has 4 N–H and O–H groups in total. The van der Waals surface area contributed by atoms with E-state index >= 15 is 4.39 Å². The number of nitrogens with one attached hydrogen (secondary N) is 1. The van der Waals surface area contributed by atoms with Gasteiger partial charge in [-0.1, -0.05) is 24.3 Å². The largest absolute Gasteiger partial charge is 0.478 e. The number of carbonyl (C=O) groups excluding carboxylic acids is 4. The number of hydrogen-bond acceptors (Lipinski definition) is 7.